The maximum Gasteiger partial charge on any atom is 0.410 e. The highest BCUT2D eigenvalue weighted by molar-refractivity contribution is 5.68. The third-order valence-corrected chi connectivity index (χ3v) is 3.43. The van der Waals surface area contributed by atoms with Gasteiger partial charge in [-0.2, -0.15) is 0 Å². The summed E-state index contributed by atoms with van der Waals surface area (Å²) in [5.41, 5.74) is 1.31. The molecule has 1 saturated heterocycles. The van der Waals surface area contributed by atoms with Crippen molar-refractivity contribution < 1.29 is 9.53 Å². The molecule has 0 spiro atoms. The number of carbonyl (C=O) groups is 1. The van der Waals surface area contributed by atoms with Crippen molar-refractivity contribution in [1.82, 2.24) is 4.90 Å². The number of rotatable bonds is 2. The van der Waals surface area contributed by atoms with Crippen LogP contribution in [-0.2, 0) is 4.74 Å². The molecule has 0 bridgehead atoms. The second-order valence-electron chi connectivity index (χ2n) is 5.33. The third kappa shape index (κ3) is 2.84. The molecule has 0 saturated carbocycles. The molecule has 0 radical (unpaired) electrons. The zero-order valence-corrected chi connectivity index (χ0v) is 11.3. The third-order valence-electron chi connectivity index (χ3n) is 3.43. The monoisotopic (exact) mass is 247 g/mol. The van der Waals surface area contributed by atoms with Gasteiger partial charge in [0.15, 0.2) is 0 Å². The largest absolute Gasteiger partial charge is 0.447 e. The normalized spacial score (nSPS) is 23.4. The van der Waals surface area contributed by atoms with Crippen LogP contribution in [0.2, 0.25) is 0 Å². The predicted octanol–water partition coefficient (Wildman–Crippen LogP) is 3.27. The number of amides is 1. The number of ether oxygens (including phenoxy) is 1. The van der Waals surface area contributed by atoms with Crippen LogP contribution in [0.1, 0.15) is 32.3 Å². The molecule has 18 heavy (non-hydrogen) atoms. The molecule has 3 nitrogen and oxygen atoms in total. The summed E-state index contributed by atoms with van der Waals surface area (Å²) in [7, 11) is 0. The molecule has 1 aliphatic heterocycles. The zero-order valence-electron chi connectivity index (χ0n) is 11.3. The van der Waals surface area contributed by atoms with E-state index in [1.165, 1.54) is 5.56 Å². The molecular formula is C15H21NO2. The lowest BCUT2D eigenvalue weighted by molar-refractivity contribution is 0.0825. The Balaban J connectivity index is 2.03. The van der Waals surface area contributed by atoms with Crippen LogP contribution in [0.4, 0.5) is 4.79 Å². The highest BCUT2D eigenvalue weighted by Crippen LogP contribution is 2.32. The summed E-state index contributed by atoms with van der Waals surface area (Å²) in [4.78, 5) is 13.7. The van der Waals surface area contributed by atoms with E-state index in [0.29, 0.717) is 11.8 Å². The standard InChI is InChI=1S/C15H21NO2/c1-11(2)18-15(17)16-9-12(3)14(10-16)13-7-5-4-6-8-13/h4-8,11-12,14H,9-10H2,1-3H3/t12-,14?/m0/s1. The Kier molecular flexibility index (Phi) is 3.90. The Morgan fingerprint density at radius 2 is 1.94 bits per heavy atom. The van der Waals surface area contributed by atoms with E-state index in [2.05, 4.69) is 31.2 Å². The summed E-state index contributed by atoms with van der Waals surface area (Å²) >= 11 is 0. The second kappa shape index (κ2) is 5.42. The van der Waals surface area contributed by atoms with Crippen molar-refractivity contribution >= 4 is 6.09 Å². The maximum absolute atomic E-state index is 11.9. The van der Waals surface area contributed by atoms with E-state index >= 15 is 0 Å². The predicted molar refractivity (Wildman–Crippen MR) is 71.5 cm³/mol. The molecular weight excluding hydrogens is 226 g/mol. The van der Waals surface area contributed by atoms with Crippen molar-refractivity contribution in [1.29, 1.82) is 0 Å². The van der Waals surface area contributed by atoms with Gasteiger partial charge in [0.25, 0.3) is 0 Å². The van der Waals surface area contributed by atoms with E-state index < -0.39 is 0 Å². The number of likely N-dealkylation sites (tertiary alicyclic amines) is 1. The van der Waals surface area contributed by atoms with Gasteiger partial charge in [-0.3, -0.25) is 0 Å². The topological polar surface area (TPSA) is 29.5 Å². The van der Waals surface area contributed by atoms with Gasteiger partial charge in [-0.15, -0.1) is 0 Å². The molecule has 2 rings (SSSR count). The van der Waals surface area contributed by atoms with Gasteiger partial charge in [0.2, 0.25) is 0 Å². The Morgan fingerprint density at radius 3 is 2.56 bits per heavy atom. The molecule has 0 N–H and O–H groups in total. The molecule has 3 heteroatoms. The van der Waals surface area contributed by atoms with E-state index in [0.717, 1.165) is 13.1 Å². The fourth-order valence-electron chi connectivity index (χ4n) is 2.53. The molecule has 1 amide bonds. The van der Waals surface area contributed by atoms with Gasteiger partial charge >= 0.3 is 6.09 Å². The van der Waals surface area contributed by atoms with Crippen LogP contribution < -0.4 is 0 Å². The fourth-order valence-corrected chi connectivity index (χ4v) is 2.53. The Bertz CT molecular complexity index is 402. The van der Waals surface area contributed by atoms with Gasteiger partial charge in [-0.05, 0) is 25.3 Å². The minimum atomic E-state index is -0.185. The van der Waals surface area contributed by atoms with Gasteiger partial charge in [-0.1, -0.05) is 37.3 Å². The number of carbonyl (C=O) groups excluding carboxylic acids is 1. The number of hydrogen-bond donors (Lipinski definition) is 0. The number of nitrogens with zero attached hydrogens (tertiary/aromatic N) is 1. The Labute approximate surface area is 109 Å². The van der Waals surface area contributed by atoms with Crippen LogP contribution in [0.15, 0.2) is 30.3 Å². The summed E-state index contributed by atoms with van der Waals surface area (Å²) in [6, 6.07) is 10.4. The first-order valence-electron chi connectivity index (χ1n) is 6.58. The maximum atomic E-state index is 11.9. The minimum Gasteiger partial charge on any atom is -0.447 e. The van der Waals surface area contributed by atoms with Crippen LogP contribution in [0.5, 0.6) is 0 Å². The van der Waals surface area contributed by atoms with Crippen molar-refractivity contribution in [2.75, 3.05) is 13.1 Å². The second-order valence-corrected chi connectivity index (χ2v) is 5.33. The first kappa shape index (κ1) is 12.9. The van der Waals surface area contributed by atoms with Gasteiger partial charge in [0.1, 0.15) is 0 Å². The van der Waals surface area contributed by atoms with Crippen molar-refractivity contribution in [2.45, 2.75) is 32.8 Å². The van der Waals surface area contributed by atoms with Crippen LogP contribution >= 0.6 is 0 Å². The van der Waals surface area contributed by atoms with Crippen molar-refractivity contribution in [3.05, 3.63) is 35.9 Å². The summed E-state index contributed by atoms with van der Waals surface area (Å²) in [6.07, 6.45) is -0.237. The Hall–Kier alpha value is -1.51. The van der Waals surface area contributed by atoms with E-state index in [4.69, 9.17) is 4.74 Å². The summed E-state index contributed by atoms with van der Waals surface area (Å²) in [5.74, 6) is 0.901. The quantitative estimate of drug-likeness (QED) is 0.802. The molecule has 1 aromatic rings. The van der Waals surface area contributed by atoms with E-state index in [-0.39, 0.29) is 12.2 Å². The van der Waals surface area contributed by atoms with Crippen LogP contribution in [0, 0.1) is 5.92 Å². The summed E-state index contributed by atoms with van der Waals surface area (Å²) in [5, 5.41) is 0. The first-order valence-corrected chi connectivity index (χ1v) is 6.58. The van der Waals surface area contributed by atoms with Crippen molar-refractivity contribution in [2.24, 2.45) is 5.92 Å². The summed E-state index contributed by atoms with van der Waals surface area (Å²) in [6.45, 7) is 7.50. The average Bonchev–Trinajstić information content (AvgIpc) is 2.72. The van der Waals surface area contributed by atoms with Crippen molar-refractivity contribution in [3.8, 4) is 0 Å². The highest BCUT2D eigenvalue weighted by atomic mass is 16.6. The molecule has 1 fully saturated rings. The van der Waals surface area contributed by atoms with Gasteiger partial charge in [-0.25, -0.2) is 4.79 Å². The van der Waals surface area contributed by atoms with E-state index in [9.17, 15) is 4.79 Å². The Morgan fingerprint density at radius 1 is 1.28 bits per heavy atom. The number of benzene rings is 1. The molecule has 1 unspecified atom stereocenters. The smallest absolute Gasteiger partial charge is 0.410 e. The van der Waals surface area contributed by atoms with Crippen LogP contribution in [0.3, 0.4) is 0 Å². The fraction of sp³-hybridized carbons (Fsp3) is 0.533. The average molecular weight is 247 g/mol. The van der Waals surface area contributed by atoms with Crippen LogP contribution in [-0.4, -0.2) is 30.2 Å². The molecule has 1 aliphatic rings. The molecule has 98 valence electrons. The lowest BCUT2D eigenvalue weighted by Crippen LogP contribution is -2.31. The van der Waals surface area contributed by atoms with E-state index in [1.54, 1.807) is 0 Å². The zero-order chi connectivity index (χ0) is 13.1. The van der Waals surface area contributed by atoms with Crippen molar-refractivity contribution in [3.63, 3.8) is 0 Å². The SMILES string of the molecule is CC(C)OC(=O)N1CC(c2ccccc2)[C@@H](C)C1. The molecule has 2 atom stereocenters. The minimum absolute atomic E-state index is 0.0522. The molecule has 0 aromatic heterocycles. The molecule has 1 aromatic carbocycles. The first-order chi connectivity index (χ1) is 8.58. The van der Waals surface area contributed by atoms with E-state index in [1.807, 2.05) is 24.8 Å². The molecule has 0 aliphatic carbocycles. The molecule has 1 heterocycles. The lowest BCUT2D eigenvalue weighted by Gasteiger charge is -2.18. The highest BCUT2D eigenvalue weighted by Gasteiger charge is 2.34. The lowest BCUT2D eigenvalue weighted by atomic mass is 9.90. The number of hydrogen-bond acceptors (Lipinski definition) is 2. The van der Waals surface area contributed by atoms with Gasteiger partial charge in [0, 0.05) is 19.0 Å². The van der Waals surface area contributed by atoms with Crippen LogP contribution in [0.25, 0.3) is 0 Å². The van der Waals surface area contributed by atoms with Gasteiger partial charge in [0.05, 0.1) is 6.10 Å². The summed E-state index contributed by atoms with van der Waals surface area (Å²) < 4.78 is 5.25. The van der Waals surface area contributed by atoms with Gasteiger partial charge < -0.3 is 9.64 Å².